The first kappa shape index (κ1) is 8.52. The van der Waals surface area contributed by atoms with Gasteiger partial charge in [-0.15, -0.1) is 0 Å². The lowest BCUT2D eigenvalue weighted by Crippen LogP contribution is -2.37. The molecule has 2 rings (SSSR count). The molecule has 2 nitrogen and oxygen atoms in total. The first-order valence-corrected chi connectivity index (χ1v) is 5.30. The summed E-state index contributed by atoms with van der Waals surface area (Å²) in [4.78, 5) is 0. The van der Waals surface area contributed by atoms with Crippen molar-refractivity contribution < 1.29 is 0 Å². The van der Waals surface area contributed by atoms with Crippen molar-refractivity contribution in [2.24, 2.45) is 11.8 Å². The molecule has 12 heavy (non-hydrogen) atoms. The molecule has 70 valence electrons. The molecule has 2 N–H and O–H groups in total. The monoisotopic (exact) mass is 168 g/mol. The highest BCUT2D eigenvalue weighted by Gasteiger charge is 2.24. The second-order valence-corrected chi connectivity index (χ2v) is 4.43. The van der Waals surface area contributed by atoms with Crippen LogP contribution in [0.2, 0.25) is 0 Å². The lowest BCUT2D eigenvalue weighted by Gasteiger charge is -2.15. The van der Waals surface area contributed by atoms with Crippen LogP contribution < -0.4 is 10.6 Å². The smallest absolute Gasteiger partial charge is 0.0218 e. The number of hydrogen-bond acceptors (Lipinski definition) is 2. The van der Waals surface area contributed by atoms with Crippen LogP contribution in [0.4, 0.5) is 0 Å². The number of hydrogen-bond donors (Lipinski definition) is 2. The van der Waals surface area contributed by atoms with Crippen LogP contribution in [0.1, 0.15) is 26.2 Å². The quantitative estimate of drug-likeness (QED) is 0.654. The SMILES string of the molecule is CC1CCNC1CNCC1CC1. The molecule has 1 saturated heterocycles. The van der Waals surface area contributed by atoms with Crippen LogP contribution in [0.25, 0.3) is 0 Å². The second kappa shape index (κ2) is 3.75. The van der Waals surface area contributed by atoms with E-state index >= 15 is 0 Å². The van der Waals surface area contributed by atoms with Crippen molar-refractivity contribution in [1.29, 1.82) is 0 Å². The summed E-state index contributed by atoms with van der Waals surface area (Å²) in [5.74, 6) is 1.89. The van der Waals surface area contributed by atoms with E-state index < -0.39 is 0 Å². The maximum atomic E-state index is 3.56. The zero-order valence-electron chi connectivity index (χ0n) is 7.97. The molecule has 0 amide bonds. The Bertz CT molecular complexity index is 143. The molecule has 2 unspecified atom stereocenters. The summed E-state index contributed by atoms with van der Waals surface area (Å²) in [6.45, 7) is 6.00. The van der Waals surface area contributed by atoms with Gasteiger partial charge in [-0.1, -0.05) is 6.92 Å². The van der Waals surface area contributed by atoms with Crippen molar-refractivity contribution in [1.82, 2.24) is 10.6 Å². The van der Waals surface area contributed by atoms with Crippen LogP contribution in [-0.4, -0.2) is 25.7 Å². The van der Waals surface area contributed by atoms with Gasteiger partial charge in [-0.05, 0) is 44.2 Å². The van der Waals surface area contributed by atoms with Crippen molar-refractivity contribution in [3.63, 3.8) is 0 Å². The highest BCUT2D eigenvalue weighted by Crippen LogP contribution is 2.27. The maximum Gasteiger partial charge on any atom is 0.0218 e. The Morgan fingerprint density at radius 2 is 2.08 bits per heavy atom. The molecular formula is C10H20N2. The zero-order chi connectivity index (χ0) is 8.39. The minimum absolute atomic E-state index is 0.740. The third-order valence-corrected chi connectivity index (χ3v) is 3.19. The van der Waals surface area contributed by atoms with Gasteiger partial charge >= 0.3 is 0 Å². The van der Waals surface area contributed by atoms with Gasteiger partial charge in [-0.2, -0.15) is 0 Å². The summed E-state index contributed by atoms with van der Waals surface area (Å²) in [5, 5.41) is 7.10. The average Bonchev–Trinajstić information content (AvgIpc) is 2.78. The zero-order valence-corrected chi connectivity index (χ0v) is 7.97. The Balaban J connectivity index is 1.58. The van der Waals surface area contributed by atoms with Crippen LogP contribution in [0, 0.1) is 11.8 Å². The van der Waals surface area contributed by atoms with E-state index in [0.717, 1.165) is 17.9 Å². The summed E-state index contributed by atoms with van der Waals surface area (Å²) in [7, 11) is 0. The standard InChI is InChI=1S/C10H20N2/c1-8-4-5-12-10(8)7-11-6-9-2-3-9/h8-12H,2-7H2,1H3. The van der Waals surface area contributed by atoms with Crippen molar-refractivity contribution in [3.8, 4) is 0 Å². The predicted octanol–water partition coefficient (Wildman–Crippen LogP) is 0.984. The highest BCUT2D eigenvalue weighted by atomic mass is 15.0. The van der Waals surface area contributed by atoms with Gasteiger partial charge in [0.15, 0.2) is 0 Å². The highest BCUT2D eigenvalue weighted by molar-refractivity contribution is 4.83. The Morgan fingerprint density at radius 1 is 1.25 bits per heavy atom. The molecular weight excluding hydrogens is 148 g/mol. The lowest BCUT2D eigenvalue weighted by atomic mass is 10.0. The fourth-order valence-electron chi connectivity index (χ4n) is 1.94. The molecule has 0 spiro atoms. The summed E-state index contributed by atoms with van der Waals surface area (Å²) in [6.07, 6.45) is 4.27. The van der Waals surface area contributed by atoms with Crippen molar-refractivity contribution in [2.75, 3.05) is 19.6 Å². The van der Waals surface area contributed by atoms with Crippen molar-refractivity contribution in [2.45, 2.75) is 32.2 Å². The van der Waals surface area contributed by atoms with Gasteiger partial charge in [-0.3, -0.25) is 0 Å². The molecule has 0 bridgehead atoms. The van der Waals surface area contributed by atoms with Gasteiger partial charge in [0.2, 0.25) is 0 Å². The molecule has 1 heterocycles. The van der Waals surface area contributed by atoms with E-state index in [-0.39, 0.29) is 0 Å². The maximum absolute atomic E-state index is 3.56. The Kier molecular flexibility index (Phi) is 2.66. The van der Waals surface area contributed by atoms with Gasteiger partial charge in [0, 0.05) is 12.6 Å². The van der Waals surface area contributed by atoms with E-state index in [0.29, 0.717) is 0 Å². The first-order chi connectivity index (χ1) is 5.86. The summed E-state index contributed by atoms with van der Waals surface area (Å²) in [5.41, 5.74) is 0. The summed E-state index contributed by atoms with van der Waals surface area (Å²) < 4.78 is 0. The van der Waals surface area contributed by atoms with Gasteiger partial charge in [0.1, 0.15) is 0 Å². The third-order valence-electron chi connectivity index (χ3n) is 3.19. The van der Waals surface area contributed by atoms with Crippen molar-refractivity contribution >= 4 is 0 Å². The van der Waals surface area contributed by atoms with E-state index in [2.05, 4.69) is 17.6 Å². The molecule has 2 heteroatoms. The third kappa shape index (κ3) is 2.20. The number of rotatable bonds is 4. The number of nitrogens with one attached hydrogen (secondary N) is 2. The molecule has 0 aromatic rings. The fraction of sp³-hybridized carbons (Fsp3) is 1.00. The molecule has 1 saturated carbocycles. The van der Waals surface area contributed by atoms with Gasteiger partial charge in [-0.25, -0.2) is 0 Å². The predicted molar refractivity (Wildman–Crippen MR) is 51.2 cm³/mol. The molecule has 0 radical (unpaired) electrons. The Labute approximate surface area is 75.1 Å². The van der Waals surface area contributed by atoms with Crippen LogP contribution in [0.3, 0.4) is 0 Å². The van der Waals surface area contributed by atoms with Crippen LogP contribution in [0.15, 0.2) is 0 Å². The normalized spacial score (nSPS) is 35.8. The lowest BCUT2D eigenvalue weighted by molar-refractivity contribution is 0.444. The van der Waals surface area contributed by atoms with Crippen LogP contribution >= 0.6 is 0 Å². The largest absolute Gasteiger partial charge is 0.315 e. The Hall–Kier alpha value is -0.0800. The molecule has 2 fully saturated rings. The second-order valence-electron chi connectivity index (χ2n) is 4.43. The minimum Gasteiger partial charge on any atom is -0.315 e. The Morgan fingerprint density at radius 3 is 2.67 bits per heavy atom. The molecule has 0 aromatic carbocycles. The van der Waals surface area contributed by atoms with Gasteiger partial charge < -0.3 is 10.6 Å². The van der Waals surface area contributed by atoms with E-state index in [1.807, 2.05) is 0 Å². The topological polar surface area (TPSA) is 24.1 Å². The van der Waals surface area contributed by atoms with Gasteiger partial charge in [0.25, 0.3) is 0 Å². The van der Waals surface area contributed by atoms with E-state index in [4.69, 9.17) is 0 Å². The summed E-state index contributed by atoms with van der Waals surface area (Å²) in [6, 6.07) is 0.740. The van der Waals surface area contributed by atoms with E-state index in [1.54, 1.807) is 0 Å². The molecule has 2 aliphatic rings. The average molecular weight is 168 g/mol. The van der Waals surface area contributed by atoms with Crippen LogP contribution in [0.5, 0.6) is 0 Å². The molecule has 0 aromatic heterocycles. The van der Waals surface area contributed by atoms with Crippen LogP contribution in [-0.2, 0) is 0 Å². The molecule has 1 aliphatic carbocycles. The van der Waals surface area contributed by atoms with Gasteiger partial charge in [0.05, 0.1) is 0 Å². The minimum atomic E-state index is 0.740. The van der Waals surface area contributed by atoms with E-state index in [1.165, 1.54) is 38.9 Å². The fourth-order valence-corrected chi connectivity index (χ4v) is 1.94. The molecule has 1 aliphatic heterocycles. The summed E-state index contributed by atoms with van der Waals surface area (Å²) >= 11 is 0. The van der Waals surface area contributed by atoms with E-state index in [9.17, 15) is 0 Å². The first-order valence-electron chi connectivity index (χ1n) is 5.30. The molecule has 2 atom stereocenters. The van der Waals surface area contributed by atoms with Crippen molar-refractivity contribution in [3.05, 3.63) is 0 Å².